The number of aliphatic hydroxyl groups is 6. The highest BCUT2D eigenvalue weighted by Crippen LogP contribution is 2.26. The minimum Gasteiger partial charge on any atom is -0.394 e. The van der Waals surface area contributed by atoms with Gasteiger partial charge >= 0.3 is 0 Å². The zero-order valence-electron chi connectivity index (χ0n) is 12.5. The molecule has 0 radical (unpaired) electrons. The normalized spacial score (nSPS) is 51.7. The van der Waals surface area contributed by atoms with Gasteiger partial charge in [-0.1, -0.05) is 0 Å². The Morgan fingerprint density at radius 2 is 1.39 bits per heavy atom. The van der Waals surface area contributed by atoms with Gasteiger partial charge in [-0.3, -0.25) is 0 Å². The second kappa shape index (κ2) is 7.63. The third-order valence-corrected chi connectivity index (χ3v) is 4.30. The molecular formula is C12H26N2O9+2. The zero-order valence-corrected chi connectivity index (χ0v) is 12.5. The predicted molar refractivity (Wildman–Crippen MR) is 70.0 cm³/mol. The van der Waals surface area contributed by atoms with E-state index in [9.17, 15) is 30.6 Å². The first-order valence-electron chi connectivity index (χ1n) is 7.38. The average Bonchev–Trinajstić information content (AvgIpc) is 2.55. The van der Waals surface area contributed by atoms with E-state index in [0.717, 1.165) is 0 Å². The Labute approximate surface area is 132 Å². The lowest BCUT2D eigenvalue weighted by atomic mass is 9.95. The summed E-state index contributed by atoms with van der Waals surface area (Å²) < 4.78 is 16.1. The van der Waals surface area contributed by atoms with E-state index in [-0.39, 0.29) is 0 Å². The maximum absolute atomic E-state index is 10.2. The lowest BCUT2D eigenvalue weighted by Gasteiger charge is -2.43. The molecule has 136 valence electrons. The molecule has 2 rings (SSSR count). The van der Waals surface area contributed by atoms with Crippen LogP contribution >= 0.6 is 0 Å². The molecule has 12 N–H and O–H groups in total. The summed E-state index contributed by atoms with van der Waals surface area (Å²) in [6.07, 6.45) is -9.63. The molecule has 2 saturated heterocycles. The molecule has 0 aromatic heterocycles. The summed E-state index contributed by atoms with van der Waals surface area (Å²) in [5.41, 5.74) is 7.24. The second-order valence-corrected chi connectivity index (χ2v) is 5.87. The second-order valence-electron chi connectivity index (χ2n) is 5.87. The van der Waals surface area contributed by atoms with E-state index in [1.54, 1.807) is 0 Å². The van der Waals surface area contributed by atoms with Crippen molar-refractivity contribution in [1.29, 1.82) is 0 Å². The molecule has 0 aliphatic carbocycles. The van der Waals surface area contributed by atoms with Crippen molar-refractivity contribution in [3.63, 3.8) is 0 Å². The molecule has 11 heteroatoms. The summed E-state index contributed by atoms with van der Waals surface area (Å²) in [4.78, 5) is 0. The predicted octanol–water partition coefficient (Wildman–Crippen LogP) is -6.90. The van der Waals surface area contributed by atoms with E-state index in [4.69, 9.17) is 14.2 Å². The van der Waals surface area contributed by atoms with Crippen molar-refractivity contribution in [2.45, 2.75) is 61.3 Å². The van der Waals surface area contributed by atoms with Gasteiger partial charge in [0.15, 0.2) is 12.1 Å². The van der Waals surface area contributed by atoms with Crippen molar-refractivity contribution in [2.24, 2.45) is 0 Å². The molecule has 2 aliphatic rings. The number of ether oxygens (including phenoxy) is 3. The Hall–Kier alpha value is -0.440. The zero-order chi connectivity index (χ0) is 17.3. The smallest absolute Gasteiger partial charge is 0.214 e. The highest BCUT2D eigenvalue weighted by atomic mass is 16.7. The van der Waals surface area contributed by atoms with Crippen LogP contribution in [0.25, 0.3) is 0 Å². The SMILES string of the molecule is [NH3+][C@@H]1[C@@H](O)[C@H](O[C@@H]2O[C@H](CO)[C@@H](O)[C@H](O)[C@H]2[NH3+])[C@@H](CO)O[C@H]1O. The minimum atomic E-state index is -1.36. The van der Waals surface area contributed by atoms with Crippen LogP contribution in [0.1, 0.15) is 0 Å². The number of quaternary nitrogens is 2. The van der Waals surface area contributed by atoms with Gasteiger partial charge in [-0.05, 0) is 0 Å². The van der Waals surface area contributed by atoms with Gasteiger partial charge in [0, 0.05) is 0 Å². The van der Waals surface area contributed by atoms with Crippen LogP contribution in [0, 0.1) is 0 Å². The van der Waals surface area contributed by atoms with Gasteiger partial charge in [-0.25, -0.2) is 0 Å². The van der Waals surface area contributed by atoms with Crippen molar-refractivity contribution >= 4 is 0 Å². The van der Waals surface area contributed by atoms with E-state index in [0.29, 0.717) is 0 Å². The topological polar surface area (TPSA) is 204 Å². The van der Waals surface area contributed by atoms with Crippen LogP contribution < -0.4 is 11.5 Å². The van der Waals surface area contributed by atoms with Crippen LogP contribution in [-0.2, 0) is 14.2 Å². The molecule has 2 heterocycles. The molecule has 0 bridgehead atoms. The maximum atomic E-state index is 10.2. The van der Waals surface area contributed by atoms with Gasteiger partial charge in [-0.15, -0.1) is 0 Å². The van der Waals surface area contributed by atoms with E-state index in [1.165, 1.54) is 0 Å². The van der Waals surface area contributed by atoms with Crippen molar-refractivity contribution in [1.82, 2.24) is 0 Å². The fourth-order valence-corrected chi connectivity index (χ4v) is 2.73. The van der Waals surface area contributed by atoms with Crippen molar-refractivity contribution in [3.05, 3.63) is 0 Å². The molecule has 2 aliphatic heterocycles. The summed E-state index contributed by atoms with van der Waals surface area (Å²) >= 11 is 0. The molecule has 0 spiro atoms. The lowest BCUT2D eigenvalue weighted by Crippen LogP contribution is -2.81. The van der Waals surface area contributed by atoms with Gasteiger partial charge < -0.3 is 56.3 Å². The lowest BCUT2D eigenvalue weighted by molar-refractivity contribution is -0.522. The number of hydrogen-bond acceptors (Lipinski definition) is 9. The first-order valence-corrected chi connectivity index (χ1v) is 7.38. The molecule has 0 aromatic carbocycles. The fourth-order valence-electron chi connectivity index (χ4n) is 2.73. The van der Waals surface area contributed by atoms with Gasteiger partial charge in [0.1, 0.15) is 36.6 Å². The van der Waals surface area contributed by atoms with Crippen LogP contribution in [0.4, 0.5) is 0 Å². The summed E-state index contributed by atoms with van der Waals surface area (Å²) in [6.45, 7) is -1.08. The number of rotatable bonds is 4. The Morgan fingerprint density at radius 3 is 1.96 bits per heavy atom. The minimum absolute atomic E-state index is 0.533. The van der Waals surface area contributed by atoms with Crippen LogP contribution in [0.15, 0.2) is 0 Å². The Kier molecular flexibility index (Phi) is 6.27. The first kappa shape index (κ1) is 18.9. The largest absolute Gasteiger partial charge is 0.394 e. The standard InChI is InChI=1S/C12H24N2O9/c13-5-9(19)10(4(2-16)21-11(5)20)23-12-6(14)8(18)7(17)3(1-15)22-12/h3-12,15-20H,1-2,13-14H2/p+2/t3-,4-,5-,6-,7-,8-,9-,10-,11-,12+/m1/s1. The monoisotopic (exact) mass is 342 g/mol. The fraction of sp³-hybridized carbons (Fsp3) is 1.00. The van der Waals surface area contributed by atoms with Gasteiger partial charge in [0.25, 0.3) is 0 Å². The molecule has 0 amide bonds. The van der Waals surface area contributed by atoms with E-state index < -0.39 is 74.5 Å². The summed E-state index contributed by atoms with van der Waals surface area (Å²) in [6, 6.07) is -1.83. The Bertz CT molecular complexity index is 386. The van der Waals surface area contributed by atoms with Crippen LogP contribution in [0.2, 0.25) is 0 Å². The van der Waals surface area contributed by atoms with E-state index in [1.807, 2.05) is 0 Å². The average molecular weight is 342 g/mol. The van der Waals surface area contributed by atoms with Crippen LogP contribution in [0.5, 0.6) is 0 Å². The van der Waals surface area contributed by atoms with Gasteiger partial charge in [0.2, 0.25) is 12.6 Å². The van der Waals surface area contributed by atoms with Crippen LogP contribution in [0.3, 0.4) is 0 Å². The number of aliphatic hydroxyl groups excluding tert-OH is 6. The summed E-state index contributed by atoms with van der Waals surface area (Å²) in [7, 11) is 0. The molecule has 10 atom stereocenters. The Balaban J connectivity index is 2.11. The Morgan fingerprint density at radius 1 is 0.783 bits per heavy atom. The first-order chi connectivity index (χ1) is 10.8. The highest BCUT2D eigenvalue weighted by Gasteiger charge is 2.51. The summed E-state index contributed by atoms with van der Waals surface area (Å²) in [5, 5.41) is 58.1. The molecule has 0 unspecified atom stereocenters. The molecular weight excluding hydrogens is 316 g/mol. The number of hydrogen-bond donors (Lipinski definition) is 8. The molecule has 23 heavy (non-hydrogen) atoms. The third kappa shape index (κ3) is 3.65. The van der Waals surface area contributed by atoms with E-state index >= 15 is 0 Å². The highest BCUT2D eigenvalue weighted by molar-refractivity contribution is 4.92. The molecule has 0 saturated carbocycles. The van der Waals surface area contributed by atoms with E-state index in [2.05, 4.69) is 11.5 Å². The van der Waals surface area contributed by atoms with Crippen molar-refractivity contribution in [2.75, 3.05) is 13.2 Å². The summed E-state index contributed by atoms with van der Waals surface area (Å²) in [5.74, 6) is 0. The van der Waals surface area contributed by atoms with Crippen molar-refractivity contribution < 1.29 is 56.3 Å². The van der Waals surface area contributed by atoms with Gasteiger partial charge in [0.05, 0.1) is 13.2 Å². The third-order valence-electron chi connectivity index (χ3n) is 4.30. The van der Waals surface area contributed by atoms with Gasteiger partial charge in [-0.2, -0.15) is 0 Å². The van der Waals surface area contributed by atoms with Crippen LogP contribution in [-0.4, -0.2) is 105 Å². The maximum Gasteiger partial charge on any atom is 0.214 e. The molecule has 11 nitrogen and oxygen atoms in total. The van der Waals surface area contributed by atoms with Crippen molar-refractivity contribution in [3.8, 4) is 0 Å². The molecule has 2 fully saturated rings. The molecule has 0 aromatic rings. The quantitative estimate of drug-likeness (QED) is 0.244.